The third-order valence-corrected chi connectivity index (χ3v) is 4.19. The fourth-order valence-corrected chi connectivity index (χ4v) is 3.04. The Labute approximate surface area is 130 Å². The van der Waals surface area contributed by atoms with Crippen LogP contribution >= 0.6 is 22.9 Å². The van der Waals surface area contributed by atoms with E-state index in [2.05, 4.69) is 0 Å². The topological polar surface area (TPSA) is 63.5 Å². The van der Waals surface area contributed by atoms with E-state index in [9.17, 15) is 14.9 Å². The summed E-state index contributed by atoms with van der Waals surface area (Å²) in [5, 5.41) is 10.9. The number of rotatable bonds is 5. The summed E-state index contributed by atoms with van der Waals surface area (Å²) in [4.78, 5) is 25.1. The Hall–Kier alpha value is -1.92. The van der Waals surface area contributed by atoms with Crippen LogP contribution in [0.1, 0.15) is 10.4 Å². The first-order valence-corrected chi connectivity index (χ1v) is 7.37. The second kappa shape index (κ2) is 6.69. The lowest BCUT2D eigenvalue weighted by Gasteiger charge is -2.16. The largest absolute Gasteiger partial charge is 0.340 e. The van der Waals surface area contributed by atoms with Crippen molar-refractivity contribution in [2.45, 2.75) is 13.0 Å². The number of halogens is 1. The predicted molar refractivity (Wildman–Crippen MR) is 82.6 cm³/mol. The van der Waals surface area contributed by atoms with Crippen LogP contribution < -0.4 is 0 Å². The second-order valence-corrected chi connectivity index (χ2v) is 6.32. The summed E-state index contributed by atoms with van der Waals surface area (Å²) in [7, 11) is 1.67. The molecule has 0 aliphatic carbocycles. The molecule has 1 aromatic heterocycles. The van der Waals surface area contributed by atoms with Gasteiger partial charge >= 0.3 is 0 Å². The minimum atomic E-state index is -0.471. The maximum atomic E-state index is 12.2. The van der Waals surface area contributed by atoms with E-state index in [4.69, 9.17) is 11.6 Å². The lowest BCUT2D eigenvalue weighted by atomic mass is 10.1. The van der Waals surface area contributed by atoms with Crippen LogP contribution in [0.2, 0.25) is 4.34 Å². The van der Waals surface area contributed by atoms with Gasteiger partial charge < -0.3 is 4.90 Å². The summed E-state index contributed by atoms with van der Waals surface area (Å²) in [5.74, 6) is -0.172. The van der Waals surface area contributed by atoms with Crippen molar-refractivity contribution in [1.29, 1.82) is 0 Å². The first-order chi connectivity index (χ1) is 9.97. The number of carbonyl (C=O) groups is 1. The van der Waals surface area contributed by atoms with Gasteiger partial charge in [-0.05, 0) is 12.1 Å². The molecule has 0 spiro atoms. The number of likely N-dealkylation sites (N-methyl/N-ethyl adjacent to an activating group) is 1. The van der Waals surface area contributed by atoms with Crippen LogP contribution in [0.5, 0.6) is 0 Å². The molecule has 2 aromatic rings. The van der Waals surface area contributed by atoms with Crippen molar-refractivity contribution in [1.82, 2.24) is 4.90 Å². The SMILES string of the molecule is CN(Cc1ccc(Cl)s1)C(=O)Cc1ccccc1[N+](=O)[O-]. The number of nitro groups is 1. The Kier molecular flexibility index (Phi) is 4.93. The number of carbonyl (C=O) groups excluding carboxylic acids is 1. The van der Waals surface area contributed by atoms with Crippen LogP contribution in [0, 0.1) is 10.1 Å². The zero-order chi connectivity index (χ0) is 15.4. The predicted octanol–water partition coefficient (Wildman–Crippen LogP) is 3.51. The van der Waals surface area contributed by atoms with Gasteiger partial charge in [0, 0.05) is 23.6 Å². The molecule has 0 saturated heterocycles. The van der Waals surface area contributed by atoms with Gasteiger partial charge in [0.1, 0.15) is 0 Å². The Bertz CT molecular complexity index is 672. The minimum Gasteiger partial charge on any atom is -0.340 e. The molecule has 7 heteroatoms. The molecule has 0 radical (unpaired) electrons. The van der Waals surface area contributed by atoms with Gasteiger partial charge in [0.2, 0.25) is 5.91 Å². The molecule has 0 aliphatic heterocycles. The first kappa shape index (κ1) is 15.5. The van der Waals surface area contributed by atoms with E-state index < -0.39 is 4.92 Å². The molecular weight excluding hydrogens is 312 g/mol. The summed E-state index contributed by atoms with van der Waals surface area (Å²) in [5.41, 5.74) is 0.391. The maximum Gasteiger partial charge on any atom is 0.273 e. The van der Waals surface area contributed by atoms with E-state index >= 15 is 0 Å². The number of thiophene rings is 1. The molecule has 1 amide bonds. The number of hydrogen-bond acceptors (Lipinski definition) is 4. The molecule has 21 heavy (non-hydrogen) atoms. The van der Waals surface area contributed by atoms with Gasteiger partial charge in [-0.1, -0.05) is 29.8 Å². The molecule has 0 saturated carbocycles. The first-order valence-electron chi connectivity index (χ1n) is 6.18. The van der Waals surface area contributed by atoms with Crippen molar-refractivity contribution in [3.63, 3.8) is 0 Å². The Morgan fingerprint density at radius 2 is 2.05 bits per heavy atom. The number of nitrogens with zero attached hydrogens (tertiary/aromatic N) is 2. The number of amides is 1. The second-order valence-electron chi connectivity index (χ2n) is 4.52. The summed E-state index contributed by atoms with van der Waals surface area (Å²) in [6.45, 7) is 0.441. The van der Waals surface area contributed by atoms with Crippen LogP contribution in [0.3, 0.4) is 0 Å². The van der Waals surface area contributed by atoms with Crippen molar-refractivity contribution in [2.75, 3.05) is 7.05 Å². The summed E-state index contributed by atoms with van der Waals surface area (Å²) < 4.78 is 0.671. The van der Waals surface area contributed by atoms with E-state index in [1.165, 1.54) is 17.4 Å². The zero-order valence-corrected chi connectivity index (χ0v) is 12.9. The summed E-state index contributed by atoms with van der Waals surface area (Å²) in [6, 6.07) is 9.93. The monoisotopic (exact) mass is 324 g/mol. The van der Waals surface area contributed by atoms with Crippen molar-refractivity contribution in [3.05, 3.63) is 61.3 Å². The molecule has 2 rings (SSSR count). The normalized spacial score (nSPS) is 10.4. The third kappa shape index (κ3) is 4.03. The van der Waals surface area contributed by atoms with E-state index in [0.717, 1.165) is 4.88 Å². The van der Waals surface area contributed by atoms with Crippen molar-refractivity contribution in [2.24, 2.45) is 0 Å². The van der Waals surface area contributed by atoms with E-state index in [0.29, 0.717) is 16.4 Å². The smallest absolute Gasteiger partial charge is 0.273 e. The number of nitro benzene ring substituents is 1. The van der Waals surface area contributed by atoms with Gasteiger partial charge in [-0.2, -0.15) is 0 Å². The van der Waals surface area contributed by atoms with E-state index in [-0.39, 0.29) is 18.0 Å². The number of hydrogen-bond donors (Lipinski definition) is 0. The minimum absolute atomic E-state index is 0.00671. The fourth-order valence-electron chi connectivity index (χ4n) is 1.89. The van der Waals surface area contributed by atoms with E-state index in [1.807, 2.05) is 6.07 Å². The molecule has 0 fully saturated rings. The highest BCUT2D eigenvalue weighted by Crippen LogP contribution is 2.23. The fraction of sp³-hybridized carbons (Fsp3) is 0.214. The highest BCUT2D eigenvalue weighted by molar-refractivity contribution is 7.16. The lowest BCUT2D eigenvalue weighted by molar-refractivity contribution is -0.385. The lowest BCUT2D eigenvalue weighted by Crippen LogP contribution is -2.27. The van der Waals surface area contributed by atoms with E-state index in [1.54, 1.807) is 36.2 Å². The molecule has 0 N–H and O–H groups in total. The van der Waals surface area contributed by atoms with Crippen molar-refractivity contribution >= 4 is 34.5 Å². The molecule has 5 nitrogen and oxygen atoms in total. The van der Waals surface area contributed by atoms with Gasteiger partial charge in [-0.3, -0.25) is 14.9 Å². The van der Waals surface area contributed by atoms with Crippen LogP contribution in [0.25, 0.3) is 0 Å². The Morgan fingerprint density at radius 3 is 2.67 bits per heavy atom. The van der Waals surface area contributed by atoms with Crippen molar-refractivity contribution < 1.29 is 9.72 Å². The highest BCUT2D eigenvalue weighted by atomic mass is 35.5. The molecule has 1 aromatic carbocycles. The van der Waals surface area contributed by atoms with Gasteiger partial charge in [-0.15, -0.1) is 11.3 Å². The molecule has 0 bridgehead atoms. The standard InChI is InChI=1S/C14H13ClN2O3S/c1-16(9-11-6-7-13(15)21-11)14(18)8-10-4-2-3-5-12(10)17(19)20/h2-7H,8-9H2,1H3. The number of benzene rings is 1. The molecule has 0 atom stereocenters. The number of para-hydroxylation sites is 1. The zero-order valence-electron chi connectivity index (χ0n) is 11.3. The molecule has 1 heterocycles. The average molecular weight is 325 g/mol. The molecule has 110 valence electrons. The van der Waals surface area contributed by atoms with Crippen LogP contribution in [-0.2, 0) is 17.8 Å². The van der Waals surface area contributed by atoms with Gasteiger partial charge in [-0.25, -0.2) is 0 Å². The Morgan fingerprint density at radius 1 is 1.33 bits per heavy atom. The van der Waals surface area contributed by atoms with Crippen LogP contribution in [-0.4, -0.2) is 22.8 Å². The maximum absolute atomic E-state index is 12.2. The highest BCUT2D eigenvalue weighted by Gasteiger charge is 2.18. The van der Waals surface area contributed by atoms with Gasteiger partial charge in [0.25, 0.3) is 5.69 Å². The summed E-state index contributed by atoms with van der Waals surface area (Å²) >= 11 is 7.26. The third-order valence-electron chi connectivity index (χ3n) is 2.98. The molecule has 0 aliphatic rings. The van der Waals surface area contributed by atoms with Gasteiger partial charge in [0.15, 0.2) is 0 Å². The van der Waals surface area contributed by atoms with Crippen LogP contribution in [0.4, 0.5) is 5.69 Å². The van der Waals surface area contributed by atoms with Gasteiger partial charge in [0.05, 0.1) is 22.2 Å². The quantitative estimate of drug-likeness (QED) is 0.624. The Balaban J connectivity index is 2.05. The average Bonchev–Trinajstić information content (AvgIpc) is 2.84. The van der Waals surface area contributed by atoms with Crippen LogP contribution in [0.15, 0.2) is 36.4 Å². The summed E-state index contributed by atoms with van der Waals surface area (Å²) in [6.07, 6.45) is 0.00671. The van der Waals surface area contributed by atoms with Crippen molar-refractivity contribution in [3.8, 4) is 0 Å². The molecule has 0 unspecified atom stereocenters. The molecular formula is C14H13ClN2O3S.